The molecular weight excluding hydrogens is 258 g/mol. The Bertz CT molecular complexity index is 362. The van der Waals surface area contributed by atoms with Crippen LogP contribution in [0.3, 0.4) is 0 Å². The maximum Gasteiger partial charge on any atom is 0.0619 e. The highest BCUT2D eigenvalue weighted by Gasteiger charge is 2.60. The molecule has 2 nitrogen and oxygen atoms in total. The van der Waals surface area contributed by atoms with E-state index in [1.807, 2.05) is 0 Å². The molecule has 0 radical (unpaired) electrons. The summed E-state index contributed by atoms with van der Waals surface area (Å²) in [5, 5.41) is 3.54. The van der Waals surface area contributed by atoms with Crippen molar-refractivity contribution >= 4 is 0 Å². The monoisotopic (exact) mass is 293 g/mol. The standard InChI is InChI=1S/C19H35NO/c1-5-6-21-11-16(20-4)10-19-9-15-7-17(2,13-19)12-18(3,8-15)14-19/h15-16,20H,5-14H2,1-4H3. The molecule has 4 aliphatic carbocycles. The van der Waals surface area contributed by atoms with E-state index in [2.05, 4.69) is 33.1 Å². The Morgan fingerprint density at radius 1 is 1.10 bits per heavy atom. The van der Waals surface area contributed by atoms with Gasteiger partial charge in [0.05, 0.1) is 6.61 Å². The zero-order valence-electron chi connectivity index (χ0n) is 14.6. The third kappa shape index (κ3) is 3.17. The molecule has 21 heavy (non-hydrogen) atoms. The summed E-state index contributed by atoms with van der Waals surface area (Å²) in [6, 6.07) is 0.542. The van der Waals surface area contributed by atoms with E-state index in [4.69, 9.17) is 4.74 Å². The van der Waals surface area contributed by atoms with Gasteiger partial charge in [-0.05, 0) is 80.6 Å². The lowest BCUT2D eigenvalue weighted by Gasteiger charge is -2.66. The van der Waals surface area contributed by atoms with Crippen molar-refractivity contribution in [3.8, 4) is 0 Å². The Balaban J connectivity index is 1.69. The Kier molecular flexibility index (Phi) is 4.16. The highest BCUT2D eigenvalue weighted by molar-refractivity contribution is 5.10. The first kappa shape index (κ1) is 15.8. The normalized spacial score (nSPS) is 46.0. The molecule has 0 spiro atoms. The number of hydrogen-bond acceptors (Lipinski definition) is 2. The van der Waals surface area contributed by atoms with E-state index in [9.17, 15) is 0 Å². The molecule has 0 aromatic carbocycles. The Morgan fingerprint density at radius 3 is 2.29 bits per heavy atom. The van der Waals surface area contributed by atoms with Crippen molar-refractivity contribution in [1.29, 1.82) is 0 Å². The van der Waals surface area contributed by atoms with Gasteiger partial charge >= 0.3 is 0 Å². The van der Waals surface area contributed by atoms with Crippen LogP contribution >= 0.6 is 0 Å². The quantitative estimate of drug-likeness (QED) is 0.703. The summed E-state index contributed by atoms with van der Waals surface area (Å²) in [7, 11) is 2.11. The van der Waals surface area contributed by atoms with Gasteiger partial charge < -0.3 is 10.1 Å². The highest BCUT2D eigenvalue weighted by Crippen LogP contribution is 2.70. The molecule has 4 aliphatic rings. The molecule has 0 heterocycles. The van der Waals surface area contributed by atoms with Gasteiger partial charge in [0.15, 0.2) is 0 Å². The SMILES string of the molecule is CCCOCC(CC12CC3CC(C)(CC(C)(C3)C1)C2)NC. The zero-order chi connectivity index (χ0) is 15.1. The van der Waals surface area contributed by atoms with Gasteiger partial charge in [-0.3, -0.25) is 0 Å². The van der Waals surface area contributed by atoms with Gasteiger partial charge in [-0.2, -0.15) is 0 Å². The summed E-state index contributed by atoms with van der Waals surface area (Å²) in [5.74, 6) is 1.00. The van der Waals surface area contributed by atoms with Crippen LogP contribution in [0.5, 0.6) is 0 Å². The number of likely N-dealkylation sites (N-methyl/N-ethyl adjacent to an activating group) is 1. The average molecular weight is 293 g/mol. The lowest BCUT2D eigenvalue weighted by Crippen LogP contribution is -2.56. The van der Waals surface area contributed by atoms with Crippen LogP contribution in [-0.4, -0.2) is 26.3 Å². The van der Waals surface area contributed by atoms with Gasteiger partial charge in [0.1, 0.15) is 0 Å². The van der Waals surface area contributed by atoms with Crippen LogP contribution in [0.15, 0.2) is 0 Å². The van der Waals surface area contributed by atoms with Crippen LogP contribution in [0.4, 0.5) is 0 Å². The largest absolute Gasteiger partial charge is 0.380 e. The Morgan fingerprint density at radius 2 is 1.76 bits per heavy atom. The second-order valence-corrected chi connectivity index (χ2v) is 9.39. The van der Waals surface area contributed by atoms with Crippen LogP contribution < -0.4 is 5.32 Å². The van der Waals surface area contributed by atoms with E-state index in [0.717, 1.165) is 25.6 Å². The lowest BCUT2D eigenvalue weighted by atomic mass is 9.39. The number of rotatable bonds is 7. The number of hydrogen-bond donors (Lipinski definition) is 1. The van der Waals surface area contributed by atoms with Gasteiger partial charge in [-0.1, -0.05) is 20.8 Å². The van der Waals surface area contributed by atoms with Crippen LogP contribution in [0.2, 0.25) is 0 Å². The second kappa shape index (κ2) is 5.53. The molecule has 4 rings (SSSR count). The number of ether oxygens (including phenoxy) is 1. The predicted octanol–water partition coefficient (Wildman–Crippen LogP) is 4.39. The third-order valence-electron chi connectivity index (χ3n) is 6.50. The second-order valence-electron chi connectivity index (χ2n) is 9.39. The summed E-state index contributed by atoms with van der Waals surface area (Å²) in [6.45, 7) is 9.14. The van der Waals surface area contributed by atoms with Crippen molar-refractivity contribution in [2.45, 2.75) is 78.2 Å². The molecule has 3 atom stereocenters. The fourth-order valence-corrected chi connectivity index (χ4v) is 7.05. The first-order valence-electron chi connectivity index (χ1n) is 9.15. The van der Waals surface area contributed by atoms with E-state index in [0.29, 0.717) is 22.3 Å². The predicted molar refractivity (Wildman–Crippen MR) is 88.4 cm³/mol. The Hall–Kier alpha value is -0.0800. The molecule has 4 saturated carbocycles. The average Bonchev–Trinajstić information content (AvgIpc) is 2.33. The van der Waals surface area contributed by atoms with E-state index in [-0.39, 0.29) is 0 Å². The minimum Gasteiger partial charge on any atom is -0.380 e. The molecule has 3 unspecified atom stereocenters. The summed E-state index contributed by atoms with van der Waals surface area (Å²) in [6.07, 6.45) is 11.4. The van der Waals surface area contributed by atoms with Crippen molar-refractivity contribution in [3.05, 3.63) is 0 Å². The molecule has 0 amide bonds. The van der Waals surface area contributed by atoms with Gasteiger partial charge in [-0.25, -0.2) is 0 Å². The van der Waals surface area contributed by atoms with Crippen LogP contribution in [-0.2, 0) is 4.74 Å². The van der Waals surface area contributed by atoms with Gasteiger partial charge in [0.25, 0.3) is 0 Å². The minimum atomic E-state index is 0.542. The number of nitrogens with one attached hydrogen (secondary N) is 1. The molecule has 0 aromatic heterocycles. The van der Waals surface area contributed by atoms with Crippen molar-refractivity contribution in [3.63, 3.8) is 0 Å². The van der Waals surface area contributed by atoms with E-state index < -0.39 is 0 Å². The smallest absolute Gasteiger partial charge is 0.0619 e. The maximum atomic E-state index is 5.84. The van der Waals surface area contributed by atoms with Crippen molar-refractivity contribution in [1.82, 2.24) is 5.32 Å². The first-order valence-corrected chi connectivity index (χ1v) is 9.15. The summed E-state index contributed by atoms with van der Waals surface area (Å²) in [4.78, 5) is 0. The maximum absolute atomic E-state index is 5.84. The van der Waals surface area contributed by atoms with Crippen molar-refractivity contribution < 1.29 is 4.74 Å². The fraction of sp³-hybridized carbons (Fsp3) is 1.00. The van der Waals surface area contributed by atoms with Crippen molar-refractivity contribution in [2.75, 3.05) is 20.3 Å². The summed E-state index contributed by atoms with van der Waals surface area (Å²) >= 11 is 0. The molecule has 4 fully saturated rings. The zero-order valence-corrected chi connectivity index (χ0v) is 14.6. The van der Waals surface area contributed by atoms with Crippen molar-refractivity contribution in [2.24, 2.45) is 22.2 Å². The fourth-order valence-electron chi connectivity index (χ4n) is 7.05. The molecule has 2 heteroatoms. The van der Waals surface area contributed by atoms with Crippen LogP contribution in [0.25, 0.3) is 0 Å². The van der Waals surface area contributed by atoms with Crippen LogP contribution in [0, 0.1) is 22.2 Å². The molecule has 0 aromatic rings. The Labute approximate surface area is 131 Å². The molecular formula is C19H35NO. The minimum absolute atomic E-state index is 0.542. The third-order valence-corrected chi connectivity index (χ3v) is 6.50. The van der Waals surface area contributed by atoms with E-state index >= 15 is 0 Å². The van der Waals surface area contributed by atoms with Gasteiger partial charge in [-0.15, -0.1) is 0 Å². The molecule has 0 saturated heterocycles. The molecule has 122 valence electrons. The first-order chi connectivity index (χ1) is 9.90. The molecule has 0 aliphatic heterocycles. The van der Waals surface area contributed by atoms with E-state index in [1.54, 1.807) is 0 Å². The summed E-state index contributed by atoms with van der Waals surface area (Å²) in [5.41, 5.74) is 1.87. The topological polar surface area (TPSA) is 21.3 Å². The lowest BCUT2D eigenvalue weighted by molar-refractivity contribution is -0.151. The van der Waals surface area contributed by atoms with Gasteiger partial charge in [0.2, 0.25) is 0 Å². The van der Waals surface area contributed by atoms with Crippen LogP contribution in [0.1, 0.15) is 72.1 Å². The molecule has 1 N–H and O–H groups in total. The summed E-state index contributed by atoms with van der Waals surface area (Å²) < 4.78 is 5.84. The highest BCUT2D eigenvalue weighted by atomic mass is 16.5. The van der Waals surface area contributed by atoms with Gasteiger partial charge in [0, 0.05) is 12.6 Å². The molecule has 4 bridgehead atoms. The van der Waals surface area contributed by atoms with E-state index in [1.165, 1.54) is 44.9 Å².